The molecule has 5 nitrogen and oxygen atoms in total. The van der Waals surface area contributed by atoms with Crippen LogP contribution in [0.15, 0.2) is 67.0 Å². The molecule has 0 radical (unpaired) electrons. The summed E-state index contributed by atoms with van der Waals surface area (Å²) in [6, 6.07) is 15.5. The smallest absolute Gasteiger partial charge is 0.255 e. The lowest BCUT2D eigenvalue weighted by molar-refractivity contribution is -0.125. The summed E-state index contributed by atoms with van der Waals surface area (Å²) in [6.07, 6.45) is 3.35. The van der Waals surface area contributed by atoms with Crippen LogP contribution in [0.2, 0.25) is 10.0 Å². The summed E-state index contributed by atoms with van der Waals surface area (Å²) in [5, 5.41) is 4.10. The van der Waals surface area contributed by atoms with Gasteiger partial charge >= 0.3 is 0 Å². The molecular formula is C24H21Cl2N3O2. The monoisotopic (exact) mass is 453 g/mol. The van der Waals surface area contributed by atoms with E-state index in [4.69, 9.17) is 23.2 Å². The molecule has 158 valence electrons. The fraction of sp³-hybridized carbons (Fsp3) is 0.208. The highest BCUT2D eigenvalue weighted by Gasteiger charge is 2.41. The number of carbonyl (C=O) groups is 2. The van der Waals surface area contributed by atoms with Gasteiger partial charge in [0.1, 0.15) is 6.04 Å². The molecule has 2 unspecified atom stereocenters. The molecule has 1 aliphatic heterocycles. The lowest BCUT2D eigenvalue weighted by Crippen LogP contribution is -2.40. The van der Waals surface area contributed by atoms with Crippen molar-refractivity contribution in [3.63, 3.8) is 0 Å². The maximum atomic E-state index is 13.2. The maximum absolute atomic E-state index is 13.2. The van der Waals surface area contributed by atoms with Gasteiger partial charge in [0.15, 0.2) is 0 Å². The Morgan fingerprint density at radius 1 is 1.06 bits per heavy atom. The van der Waals surface area contributed by atoms with E-state index in [2.05, 4.69) is 10.3 Å². The third-order valence-corrected chi connectivity index (χ3v) is 5.97. The molecule has 2 atom stereocenters. The van der Waals surface area contributed by atoms with Gasteiger partial charge in [-0.05, 0) is 65.1 Å². The summed E-state index contributed by atoms with van der Waals surface area (Å²) in [5.74, 6) is -0.396. The number of amides is 2. The van der Waals surface area contributed by atoms with Gasteiger partial charge in [0.2, 0.25) is 5.91 Å². The van der Waals surface area contributed by atoms with Crippen LogP contribution >= 0.6 is 23.2 Å². The predicted molar refractivity (Wildman–Crippen MR) is 121 cm³/mol. The molecular weight excluding hydrogens is 433 g/mol. The second-order valence-electron chi connectivity index (χ2n) is 7.62. The Labute approximate surface area is 191 Å². The van der Waals surface area contributed by atoms with Gasteiger partial charge < -0.3 is 10.2 Å². The van der Waals surface area contributed by atoms with Crippen LogP contribution in [0.5, 0.6) is 0 Å². The van der Waals surface area contributed by atoms with Crippen molar-refractivity contribution in [3.8, 4) is 0 Å². The Kier molecular flexibility index (Phi) is 6.25. The van der Waals surface area contributed by atoms with Crippen LogP contribution < -0.4 is 5.32 Å². The number of hydrogen-bond acceptors (Lipinski definition) is 3. The van der Waals surface area contributed by atoms with E-state index in [0.717, 1.165) is 11.1 Å². The Bertz CT molecular complexity index is 1100. The molecule has 4 rings (SSSR count). The molecule has 2 aromatic carbocycles. The van der Waals surface area contributed by atoms with Crippen molar-refractivity contribution in [3.05, 3.63) is 99.3 Å². The van der Waals surface area contributed by atoms with E-state index in [1.165, 1.54) is 0 Å². The molecule has 0 spiro atoms. The zero-order valence-electron chi connectivity index (χ0n) is 16.9. The summed E-state index contributed by atoms with van der Waals surface area (Å²) in [5.41, 5.74) is 3.12. The predicted octanol–water partition coefficient (Wildman–Crippen LogP) is 5.01. The lowest BCUT2D eigenvalue weighted by Gasteiger charge is -2.27. The zero-order chi connectivity index (χ0) is 22.0. The zero-order valence-corrected chi connectivity index (χ0v) is 18.4. The number of nitrogens with one attached hydrogen (secondary N) is 1. The molecule has 3 aromatic rings. The average molecular weight is 454 g/mol. The van der Waals surface area contributed by atoms with E-state index in [1.54, 1.807) is 35.5 Å². The van der Waals surface area contributed by atoms with Crippen LogP contribution in [-0.4, -0.2) is 28.2 Å². The first-order valence-corrected chi connectivity index (χ1v) is 10.7. The van der Waals surface area contributed by atoms with Crippen molar-refractivity contribution in [2.45, 2.75) is 25.4 Å². The van der Waals surface area contributed by atoms with Gasteiger partial charge in [-0.15, -0.1) is 0 Å². The van der Waals surface area contributed by atoms with Gasteiger partial charge in [0.05, 0.1) is 0 Å². The summed E-state index contributed by atoms with van der Waals surface area (Å²) in [7, 11) is 0. The topological polar surface area (TPSA) is 62.3 Å². The van der Waals surface area contributed by atoms with Crippen molar-refractivity contribution >= 4 is 35.0 Å². The summed E-state index contributed by atoms with van der Waals surface area (Å²) in [4.78, 5) is 32.0. The number of pyridine rings is 1. The first-order chi connectivity index (χ1) is 14.9. The SMILES string of the molecule is CC(CN1C(=O)c2ccc(Cl)cc2C1C(=O)NCc1ccncc1)c1ccc(Cl)cc1. The quantitative estimate of drug-likeness (QED) is 0.570. The molecule has 0 aliphatic carbocycles. The van der Waals surface area contributed by atoms with Crippen LogP contribution in [0.25, 0.3) is 0 Å². The first-order valence-electron chi connectivity index (χ1n) is 9.96. The summed E-state index contributed by atoms with van der Waals surface area (Å²) in [6.45, 7) is 2.76. The molecule has 1 aliphatic rings. The molecule has 2 amide bonds. The molecule has 1 aromatic heterocycles. The largest absolute Gasteiger partial charge is 0.350 e. The standard InChI is InChI=1S/C24H21Cl2N3O2/c1-15(17-2-4-18(25)5-3-17)14-29-22(21-12-19(26)6-7-20(21)24(29)31)23(30)28-13-16-8-10-27-11-9-16/h2-12,15,22H,13-14H2,1H3,(H,28,30). The molecule has 0 saturated heterocycles. The number of aromatic nitrogens is 1. The molecule has 0 saturated carbocycles. The Morgan fingerprint density at radius 3 is 2.45 bits per heavy atom. The number of nitrogens with zero attached hydrogens (tertiary/aromatic N) is 2. The Hall–Kier alpha value is -2.89. The number of carbonyl (C=O) groups excluding carboxylic acids is 2. The third-order valence-electron chi connectivity index (χ3n) is 5.49. The minimum atomic E-state index is -0.738. The van der Waals surface area contributed by atoms with Crippen LogP contribution in [0.3, 0.4) is 0 Å². The number of hydrogen-bond donors (Lipinski definition) is 1. The molecule has 2 heterocycles. The highest BCUT2D eigenvalue weighted by atomic mass is 35.5. The maximum Gasteiger partial charge on any atom is 0.255 e. The number of rotatable bonds is 6. The van der Waals surface area contributed by atoms with Gasteiger partial charge in [-0.25, -0.2) is 0 Å². The van der Waals surface area contributed by atoms with Crippen LogP contribution in [0.1, 0.15) is 45.9 Å². The molecule has 7 heteroatoms. The Balaban J connectivity index is 1.60. The van der Waals surface area contributed by atoms with Crippen molar-refractivity contribution in [2.24, 2.45) is 0 Å². The molecule has 0 bridgehead atoms. The van der Waals surface area contributed by atoms with Crippen molar-refractivity contribution < 1.29 is 9.59 Å². The minimum Gasteiger partial charge on any atom is -0.350 e. The van der Waals surface area contributed by atoms with E-state index in [0.29, 0.717) is 34.3 Å². The van der Waals surface area contributed by atoms with Crippen LogP contribution in [-0.2, 0) is 11.3 Å². The van der Waals surface area contributed by atoms with Gasteiger partial charge in [0.25, 0.3) is 5.91 Å². The van der Waals surface area contributed by atoms with Crippen LogP contribution in [0, 0.1) is 0 Å². The number of fused-ring (bicyclic) bond motifs is 1. The number of halogens is 2. The second kappa shape index (κ2) is 9.08. The molecule has 31 heavy (non-hydrogen) atoms. The second-order valence-corrected chi connectivity index (χ2v) is 8.49. The lowest BCUT2D eigenvalue weighted by atomic mass is 9.99. The van der Waals surface area contributed by atoms with E-state index >= 15 is 0 Å². The highest BCUT2D eigenvalue weighted by molar-refractivity contribution is 6.31. The van der Waals surface area contributed by atoms with Gasteiger partial charge in [0, 0.05) is 41.1 Å². The van der Waals surface area contributed by atoms with Crippen molar-refractivity contribution in [1.82, 2.24) is 15.2 Å². The van der Waals surface area contributed by atoms with Gasteiger partial charge in [-0.1, -0.05) is 42.3 Å². The van der Waals surface area contributed by atoms with Crippen molar-refractivity contribution in [1.29, 1.82) is 0 Å². The van der Waals surface area contributed by atoms with Gasteiger partial charge in [-0.3, -0.25) is 14.6 Å². The molecule has 0 fully saturated rings. The Morgan fingerprint density at radius 2 is 1.74 bits per heavy atom. The van der Waals surface area contributed by atoms with Gasteiger partial charge in [-0.2, -0.15) is 0 Å². The average Bonchev–Trinajstić information content (AvgIpc) is 3.04. The summed E-state index contributed by atoms with van der Waals surface area (Å²) < 4.78 is 0. The minimum absolute atomic E-state index is 0.0153. The normalized spacial score (nSPS) is 16.2. The van der Waals surface area contributed by atoms with E-state index in [1.807, 2.05) is 43.3 Å². The van der Waals surface area contributed by atoms with E-state index < -0.39 is 6.04 Å². The first kappa shape index (κ1) is 21.3. The van der Waals surface area contributed by atoms with E-state index in [9.17, 15) is 9.59 Å². The fourth-order valence-electron chi connectivity index (χ4n) is 3.84. The summed E-state index contributed by atoms with van der Waals surface area (Å²) >= 11 is 12.2. The van der Waals surface area contributed by atoms with Crippen LogP contribution in [0.4, 0.5) is 0 Å². The highest BCUT2D eigenvalue weighted by Crippen LogP contribution is 2.37. The van der Waals surface area contributed by atoms with E-state index in [-0.39, 0.29) is 17.7 Å². The fourth-order valence-corrected chi connectivity index (χ4v) is 4.15. The molecule has 1 N–H and O–H groups in total. The number of benzene rings is 2. The van der Waals surface area contributed by atoms with Crippen molar-refractivity contribution in [2.75, 3.05) is 6.54 Å². The third kappa shape index (κ3) is 4.58.